The Morgan fingerprint density at radius 1 is 1.03 bits per heavy atom. The van der Waals surface area contributed by atoms with Crippen molar-refractivity contribution in [1.29, 1.82) is 0 Å². The van der Waals surface area contributed by atoms with Crippen molar-refractivity contribution in [3.63, 3.8) is 0 Å². The largest absolute Gasteiger partial charge is 0.494 e. The Kier molecular flexibility index (Phi) is 6.82. The van der Waals surface area contributed by atoms with Crippen LogP contribution in [0.3, 0.4) is 0 Å². The van der Waals surface area contributed by atoms with Crippen LogP contribution in [0.2, 0.25) is 0 Å². The minimum absolute atomic E-state index is 0.0568. The summed E-state index contributed by atoms with van der Waals surface area (Å²) in [5.41, 5.74) is 0.696. The lowest BCUT2D eigenvalue weighted by Gasteiger charge is -2.18. The third-order valence-corrected chi connectivity index (χ3v) is 6.69. The summed E-state index contributed by atoms with van der Waals surface area (Å²) in [5, 5.41) is 15.2. The Labute approximate surface area is 200 Å². The highest BCUT2D eigenvalue weighted by molar-refractivity contribution is 7.93. The molecule has 0 aliphatic rings. The maximum absolute atomic E-state index is 13.2. The molecule has 4 aromatic rings. The van der Waals surface area contributed by atoms with Gasteiger partial charge in [-0.25, -0.2) is 22.8 Å². The van der Waals surface area contributed by atoms with Gasteiger partial charge in [-0.3, -0.25) is 9.29 Å². The Morgan fingerprint density at radius 3 is 2.31 bits per heavy atom. The molecule has 0 saturated carbocycles. The molecule has 0 bridgehead atoms. The van der Waals surface area contributed by atoms with E-state index in [2.05, 4.69) is 35.1 Å². The van der Waals surface area contributed by atoms with Gasteiger partial charge >= 0.3 is 0 Å². The van der Waals surface area contributed by atoms with Crippen molar-refractivity contribution in [3.05, 3.63) is 60.6 Å². The summed E-state index contributed by atoms with van der Waals surface area (Å²) in [5.74, 6) is 0.397. The number of nitrogens with one attached hydrogen (secondary N) is 1. The van der Waals surface area contributed by atoms with Gasteiger partial charge in [-0.2, -0.15) is 5.10 Å². The summed E-state index contributed by atoms with van der Waals surface area (Å²) in [7, 11) is -1.08. The van der Waals surface area contributed by atoms with Crippen LogP contribution in [0.4, 0.5) is 10.3 Å². The number of aromatic nitrogens is 7. The predicted molar refractivity (Wildman–Crippen MR) is 123 cm³/mol. The zero-order valence-corrected chi connectivity index (χ0v) is 19.8. The van der Waals surface area contributed by atoms with Gasteiger partial charge in [-0.05, 0) is 31.2 Å². The number of methoxy groups -OCH3 is 2. The Morgan fingerprint density at radius 2 is 1.71 bits per heavy atom. The van der Waals surface area contributed by atoms with Crippen molar-refractivity contribution in [2.24, 2.45) is 0 Å². The normalized spacial score (nSPS) is 12.2. The third kappa shape index (κ3) is 5.01. The number of hydrogen-bond donors (Lipinski definition) is 1. The van der Waals surface area contributed by atoms with Crippen LogP contribution in [0, 0.1) is 5.82 Å². The number of ether oxygens (including phenoxy) is 2. The van der Waals surface area contributed by atoms with E-state index in [1.807, 2.05) is 0 Å². The van der Waals surface area contributed by atoms with E-state index >= 15 is 0 Å². The lowest BCUT2D eigenvalue weighted by atomic mass is 10.2. The fourth-order valence-corrected chi connectivity index (χ4v) is 4.20. The SMILES string of the molecule is COc1cccc(OC)c1-n1c(NS(=O)(=O)[C@@H](C)Cc2ncc(F)cn2)nnc1-c1cccnn1. The predicted octanol–water partition coefficient (Wildman–Crippen LogP) is 2.04. The van der Waals surface area contributed by atoms with E-state index in [0.717, 1.165) is 12.4 Å². The van der Waals surface area contributed by atoms with Gasteiger partial charge in [0.25, 0.3) is 0 Å². The Hall–Kier alpha value is -4.20. The first-order valence-electron chi connectivity index (χ1n) is 10.3. The highest BCUT2D eigenvalue weighted by Crippen LogP contribution is 2.37. The lowest BCUT2D eigenvalue weighted by Crippen LogP contribution is -2.29. The number of anilines is 1. The zero-order chi connectivity index (χ0) is 25.0. The molecule has 3 aromatic heterocycles. The lowest BCUT2D eigenvalue weighted by molar-refractivity contribution is 0.391. The Balaban J connectivity index is 1.79. The molecule has 35 heavy (non-hydrogen) atoms. The van der Waals surface area contributed by atoms with Gasteiger partial charge in [-0.15, -0.1) is 15.3 Å². The number of nitrogens with zero attached hydrogens (tertiary/aromatic N) is 7. The molecule has 182 valence electrons. The summed E-state index contributed by atoms with van der Waals surface area (Å²) >= 11 is 0. The van der Waals surface area contributed by atoms with Crippen molar-refractivity contribution in [1.82, 2.24) is 34.9 Å². The smallest absolute Gasteiger partial charge is 0.243 e. The quantitative estimate of drug-likeness (QED) is 0.362. The summed E-state index contributed by atoms with van der Waals surface area (Å²) in [4.78, 5) is 7.67. The molecule has 0 saturated heterocycles. The van der Waals surface area contributed by atoms with Crippen molar-refractivity contribution < 1.29 is 22.3 Å². The maximum atomic E-state index is 13.2. The van der Waals surface area contributed by atoms with Gasteiger partial charge in [0, 0.05) is 12.6 Å². The van der Waals surface area contributed by atoms with Crippen LogP contribution in [-0.4, -0.2) is 62.8 Å². The first-order valence-corrected chi connectivity index (χ1v) is 11.8. The van der Waals surface area contributed by atoms with Gasteiger partial charge in [-0.1, -0.05) is 6.07 Å². The summed E-state index contributed by atoms with van der Waals surface area (Å²) in [6.45, 7) is 1.48. The first kappa shape index (κ1) is 23.9. The number of para-hydroxylation sites is 1. The second kappa shape index (κ2) is 9.97. The van der Waals surface area contributed by atoms with Crippen LogP contribution in [0.25, 0.3) is 17.2 Å². The maximum Gasteiger partial charge on any atom is 0.243 e. The fourth-order valence-electron chi connectivity index (χ4n) is 3.24. The molecule has 0 radical (unpaired) electrons. The molecule has 0 unspecified atom stereocenters. The van der Waals surface area contributed by atoms with Crippen molar-refractivity contribution in [2.75, 3.05) is 18.9 Å². The van der Waals surface area contributed by atoms with Crippen LogP contribution in [0.15, 0.2) is 48.9 Å². The highest BCUT2D eigenvalue weighted by atomic mass is 32.2. The molecule has 12 nitrogen and oxygen atoms in total. The molecule has 1 atom stereocenters. The molecule has 0 aliphatic carbocycles. The summed E-state index contributed by atoms with van der Waals surface area (Å²) < 4.78 is 54.4. The van der Waals surface area contributed by atoms with Gasteiger partial charge in [0.15, 0.2) is 11.6 Å². The fraction of sp³-hybridized carbons (Fsp3) is 0.238. The standard InChI is InChI=1S/C21H21FN8O4S/c1-13(10-18-23-11-14(22)12-24-18)35(31,32)29-21-28-27-20(15-6-5-9-25-26-15)30(21)19-16(33-2)7-4-8-17(19)34-3/h4-9,11-13H,10H2,1-3H3,(H,28,29)/t13-/m0/s1. The minimum Gasteiger partial charge on any atom is -0.494 e. The van der Waals surface area contributed by atoms with Gasteiger partial charge < -0.3 is 9.47 Å². The van der Waals surface area contributed by atoms with Gasteiger partial charge in [0.2, 0.25) is 16.0 Å². The highest BCUT2D eigenvalue weighted by Gasteiger charge is 2.29. The molecule has 0 aliphatic heterocycles. The van der Waals surface area contributed by atoms with Crippen molar-refractivity contribution in [2.45, 2.75) is 18.6 Å². The van der Waals surface area contributed by atoms with Crippen LogP contribution >= 0.6 is 0 Å². The molecule has 0 spiro atoms. The van der Waals surface area contributed by atoms with E-state index in [1.54, 1.807) is 30.3 Å². The topological polar surface area (TPSA) is 147 Å². The first-order chi connectivity index (χ1) is 16.8. The third-order valence-electron chi connectivity index (χ3n) is 5.00. The number of halogens is 1. The van der Waals surface area contributed by atoms with E-state index < -0.39 is 21.1 Å². The number of benzene rings is 1. The molecule has 4 rings (SSSR count). The average Bonchev–Trinajstić information content (AvgIpc) is 3.27. The van der Waals surface area contributed by atoms with Crippen molar-refractivity contribution in [3.8, 4) is 28.7 Å². The minimum atomic E-state index is -4.02. The molecule has 14 heteroatoms. The van der Waals surface area contributed by atoms with Gasteiger partial charge in [0.05, 0.1) is 31.9 Å². The molecular weight excluding hydrogens is 479 g/mol. The number of hydrogen-bond acceptors (Lipinski definition) is 10. The van der Waals surface area contributed by atoms with E-state index in [1.165, 1.54) is 31.9 Å². The zero-order valence-electron chi connectivity index (χ0n) is 19.0. The van der Waals surface area contributed by atoms with E-state index in [4.69, 9.17) is 9.47 Å². The second-order valence-electron chi connectivity index (χ2n) is 7.28. The molecule has 3 heterocycles. The van der Waals surface area contributed by atoms with Gasteiger partial charge in [0.1, 0.15) is 28.7 Å². The molecule has 0 fully saturated rings. The number of sulfonamides is 1. The van der Waals surface area contributed by atoms with E-state index in [9.17, 15) is 12.8 Å². The van der Waals surface area contributed by atoms with Crippen LogP contribution in [0.5, 0.6) is 11.5 Å². The molecule has 1 aromatic carbocycles. The number of rotatable bonds is 9. The monoisotopic (exact) mass is 500 g/mol. The molecule has 0 amide bonds. The van der Waals surface area contributed by atoms with E-state index in [0.29, 0.717) is 22.9 Å². The Bertz CT molecular complexity index is 1390. The molecular formula is C21H21FN8O4S. The van der Waals surface area contributed by atoms with Crippen LogP contribution in [0.1, 0.15) is 12.7 Å². The average molecular weight is 501 g/mol. The summed E-state index contributed by atoms with van der Waals surface area (Å²) in [6.07, 6.45) is 3.40. The van der Waals surface area contributed by atoms with E-state index in [-0.39, 0.29) is 24.0 Å². The summed E-state index contributed by atoms with van der Waals surface area (Å²) in [6, 6.07) is 8.41. The second-order valence-corrected chi connectivity index (χ2v) is 9.38. The van der Waals surface area contributed by atoms with Crippen molar-refractivity contribution >= 4 is 16.0 Å². The molecule has 1 N–H and O–H groups in total. The van der Waals surface area contributed by atoms with Crippen LogP contribution in [-0.2, 0) is 16.4 Å². The van der Waals surface area contributed by atoms with Crippen LogP contribution < -0.4 is 14.2 Å².